The van der Waals surface area contributed by atoms with Crippen molar-refractivity contribution in [1.82, 2.24) is 4.90 Å². The summed E-state index contributed by atoms with van der Waals surface area (Å²) in [6, 6.07) is 11.1. The minimum Gasteiger partial charge on any atom is -0.490 e. The number of nitrogens with zero attached hydrogens (tertiary/aromatic N) is 1. The zero-order valence-corrected chi connectivity index (χ0v) is 17.2. The lowest BCUT2D eigenvalue weighted by atomic mass is 9.87. The SMILES string of the molecule is O=C(c1ccc(OCCOC(F)(F)F)c(Cl)c1)N1CCC2(c3ccc(F)cc3)CC2C1. The molecular formula is C22H20ClF4NO3. The van der Waals surface area contributed by atoms with Crippen LogP contribution in [0.1, 0.15) is 28.8 Å². The van der Waals surface area contributed by atoms with Crippen LogP contribution in [0.15, 0.2) is 42.5 Å². The summed E-state index contributed by atoms with van der Waals surface area (Å²) in [4.78, 5) is 14.7. The van der Waals surface area contributed by atoms with Crippen LogP contribution < -0.4 is 4.74 Å². The van der Waals surface area contributed by atoms with E-state index in [2.05, 4.69) is 4.74 Å². The van der Waals surface area contributed by atoms with E-state index in [0.717, 1.165) is 18.4 Å². The van der Waals surface area contributed by atoms with Crippen LogP contribution in [0.4, 0.5) is 17.6 Å². The Kier molecular flexibility index (Phi) is 5.87. The summed E-state index contributed by atoms with van der Waals surface area (Å²) in [5.41, 5.74) is 1.53. The molecule has 31 heavy (non-hydrogen) atoms. The van der Waals surface area contributed by atoms with E-state index in [0.29, 0.717) is 24.6 Å². The summed E-state index contributed by atoms with van der Waals surface area (Å²) < 4.78 is 58.0. The number of ether oxygens (including phenoxy) is 2. The van der Waals surface area contributed by atoms with Gasteiger partial charge in [0.05, 0.1) is 11.6 Å². The van der Waals surface area contributed by atoms with Crippen molar-refractivity contribution in [3.05, 3.63) is 64.4 Å². The Labute approximate surface area is 181 Å². The highest BCUT2D eigenvalue weighted by Crippen LogP contribution is 2.59. The number of alkyl halides is 3. The van der Waals surface area contributed by atoms with Gasteiger partial charge in [-0.2, -0.15) is 0 Å². The number of carbonyl (C=O) groups is 1. The minimum atomic E-state index is -4.71. The van der Waals surface area contributed by atoms with Crippen LogP contribution >= 0.6 is 11.6 Å². The van der Waals surface area contributed by atoms with E-state index in [1.807, 2.05) is 12.1 Å². The molecule has 1 saturated heterocycles. The summed E-state index contributed by atoms with van der Waals surface area (Å²) in [6.07, 6.45) is -2.94. The Balaban J connectivity index is 1.34. The summed E-state index contributed by atoms with van der Waals surface area (Å²) in [7, 11) is 0. The average Bonchev–Trinajstić information content (AvgIpc) is 3.46. The van der Waals surface area contributed by atoms with Crippen molar-refractivity contribution in [2.24, 2.45) is 5.92 Å². The summed E-state index contributed by atoms with van der Waals surface area (Å²) in [5.74, 6) is 0.0955. The van der Waals surface area contributed by atoms with Crippen molar-refractivity contribution >= 4 is 17.5 Å². The fraction of sp³-hybridized carbons (Fsp3) is 0.409. The predicted molar refractivity (Wildman–Crippen MR) is 106 cm³/mol. The maximum Gasteiger partial charge on any atom is 0.522 e. The monoisotopic (exact) mass is 457 g/mol. The molecule has 2 aromatic rings. The van der Waals surface area contributed by atoms with Gasteiger partial charge in [0.15, 0.2) is 0 Å². The lowest BCUT2D eigenvalue weighted by Crippen LogP contribution is -2.40. The van der Waals surface area contributed by atoms with E-state index in [1.54, 1.807) is 11.0 Å². The molecule has 0 bridgehead atoms. The fourth-order valence-corrected chi connectivity index (χ4v) is 4.56. The van der Waals surface area contributed by atoms with Gasteiger partial charge < -0.3 is 9.64 Å². The maximum atomic E-state index is 13.2. The number of fused-ring (bicyclic) bond motifs is 1. The Hall–Kier alpha value is -2.32. The number of piperidine rings is 1. The molecular weight excluding hydrogens is 438 g/mol. The van der Waals surface area contributed by atoms with E-state index in [-0.39, 0.29) is 34.5 Å². The summed E-state index contributed by atoms with van der Waals surface area (Å²) >= 11 is 6.14. The highest BCUT2D eigenvalue weighted by atomic mass is 35.5. The lowest BCUT2D eigenvalue weighted by Gasteiger charge is -2.32. The van der Waals surface area contributed by atoms with Crippen LogP contribution in [0.25, 0.3) is 0 Å². The molecule has 9 heteroatoms. The van der Waals surface area contributed by atoms with E-state index < -0.39 is 13.0 Å². The molecule has 2 unspecified atom stereocenters. The average molecular weight is 458 g/mol. The van der Waals surface area contributed by atoms with Crippen LogP contribution in [0, 0.1) is 11.7 Å². The number of halogens is 5. The van der Waals surface area contributed by atoms with Crippen molar-refractivity contribution in [3.8, 4) is 5.75 Å². The van der Waals surface area contributed by atoms with Gasteiger partial charge in [-0.05, 0) is 54.7 Å². The number of carbonyl (C=O) groups excluding carboxylic acids is 1. The zero-order chi connectivity index (χ0) is 22.2. The first kappa shape index (κ1) is 21.9. The molecule has 2 atom stereocenters. The molecule has 166 valence electrons. The van der Waals surface area contributed by atoms with Crippen LogP contribution in [-0.4, -0.2) is 43.5 Å². The third-order valence-electron chi connectivity index (χ3n) is 5.99. The third kappa shape index (κ3) is 4.80. The van der Waals surface area contributed by atoms with E-state index in [4.69, 9.17) is 16.3 Å². The molecule has 2 fully saturated rings. The summed E-state index contributed by atoms with van der Waals surface area (Å²) in [6.45, 7) is 0.204. The maximum absolute atomic E-state index is 13.2. The molecule has 1 aliphatic carbocycles. The molecule has 0 N–H and O–H groups in total. The molecule has 1 aliphatic heterocycles. The topological polar surface area (TPSA) is 38.8 Å². The van der Waals surface area contributed by atoms with Gasteiger partial charge in [0.2, 0.25) is 0 Å². The lowest BCUT2D eigenvalue weighted by molar-refractivity contribution is -0.325. The van der Waals surface area contributed by atoms with Gasteiger partial charge >= 0.3 is 6.36 Å². The number of hydrogen-bond acceptors (Lipinski definition) is 3. The Bertz CT molecular complexity index is 966. The van der Waals surface area contributed by atoms with Gasteiger partial charge in [0.1, 0.15) is 18.2 Å². The molecule has 2 aliphatic rings. The van der Waals surface area contributed by atoms with E-state index in [1.165, 1.54) is 24.3 Å². The Morgan fingerprint density at radius 1 is 1.16 bits per heavy atom. The van der Waals surface area contributed by atoms with Crippen LogP contribution in [0.5, 0.6) is 5.75 Å². The van der Waals surface area contributed by atoms with Crippen molar-refractivity contribution in [2.45, 2.75) is 24.6 Å². The van der Waals surface area contributed by atoms with Gasteiger partial charge in [0.25, 0.3) is 5.91 Å². The molecule has 0 aromatic heterocycles. The van der Waals surface area contributed by atoms with Gasteiger partial charge in [-0.15, -0.1) is 13.2 Å². The number of benzene rings is 2. The molecule has 2 aromatic carbocycles. The normalized spacial score (nSPS) is 22.7. The molecule has 1 saturated carbocycles. The molecule has 0 spiro atoms. The van der Waals surface area contributed by atoms with Crippen LogP contribution in [0.2, 0.25) is 5.02 Å². The van der Waals surface area contributed by atoms with Crippen molar-refractivity contribution < 1.29 is 31.8 Å². The third-order valence-corrected chi connectivity index (χ3v) is 6.29. The first-order chi connectivity index (χ1) is 14.7. The molecule has 1 amide bonds. The van der Waals surface area contributed by atoms with Crippen molar-refractivity contribution in [3.63, 3.8) is 0 Å². The second kappa shape index (κ2) is 8.31. The molecule has 4 nitrogen and oxygen atoms in total. The van der Waals surface area contributed by atoms with Crippen LogP contribution in [-0.2, 0) is 10.2 Å². The molecule has 1 heterocycles. The van der Waals surface area contributed by atoms with Crippen LogP contribution in [0.3, 0.4) is 0 Å². The number of likely N-dealkylation sites (tertiary alicyclic amines) is 1. The second-order valence-electron chi connectivity index (χ2n) is 7.85. The smallest absolute Gasteiger partial charge is 0.490 e. The number of amides is 1. The standard InChI is InChI=1S/C22H20ClF4NO3/c23-18-11-14(1-6-19(18)30-9-10-31-22(25,26)27)20(29)28-8-7-21(12-16(21)13-28)15-2-4-17(24)5-3-15/h1-6,11,16H,7-10,12-13H2. The van der Waals surface area contributed by atoms with E-state index in [9.17, 15) is 22.4 Å². The largest absolute Gasteiger partial charge is 0.522 e. The first-order valence-electron chi connectivity index (χ1n) is 9.86. The summed E-state index contributed by atoms with van der Waals surface area (Å²) in [5, 5.41) is 0.141. The molecule has 0 radical (unpaired) electrons. The zero-order valence-electron chi connectivity index (χ0n) is 16.4. The minimum absolute atomic E-state index is 0.0261. The van der Waals surface area contributed by atoms with Gasteiger partial charge in [-0.3, -0.25) is 9.53 Å². The Morgan fingerprint density at radius 3 is 2.55 bits per heavy atom. The highest BCUT2D eigenvalue weighted by Gasteiger charge is 2.57. The van der Waals surface area contributed by atoms with E-state index >= 15 is 0 Å². The second-order valence-corrected chi connectivity index (χ2v) is 8.26. The predicted octanol–water partition coefficient (Wildman–Crippen LogP) is 5.20. The van der Waals surface area contributed by atoms with Gasteiger partial charge in [0, 0.05) is 24.1 Å². The van der Waals surface area contributed by atoms with Gasteiger partial charge in [-0.25, -0.2) is 4.39 Å². The van der Waals surface area contributed by atoms with Crippen molar-refractivity contribution in [2.75, 3.05) is 26.3 Å². The quantitative estimate of drug-likeness (QED) is 0.442. The van der Waals surface area contributed by atoms with Gasteiger partial charge in [-0.1, -0.05) is 23.7 Å². The fourth-order valence-electron chi connectivity index (χ4n) is 4.32. The first-order valence-corrected chi connectivity index (χ1v) is 10.2. The number of hydrogen-bond donors (Lipinski definition) is 0. The number of rotatable bonds is 6. The highest BCUT2D eigenvalue weighted by molar-refractivity contribution is 6.32. The molecule has 4 rings (SSSR count). The van der Waals surface area contributed by atoms with Crippen molar-refractivity contribution in [1.29, 1.82) is 0 Å². The Morgan fingerprint density at radius 2 is 1.90 bits per heavy atom.